The number of rotatable bonds is 13. The third kappa shape index (κ3) is 8.92. The fourth-order valence-corrected chi connectivity index (χ4v) is 7.68. The Balaban J connectivity index is 1.55. The molecule has 5 rings (SSSR count). The minimum Gasteiger partial charge on any atom is -0.352 e. The molecule has 0 spiro atoms. The zero-order valence-corrected chi connectivity index (χ0v) is 29.0. The average Bonchev–Trinajstić information content (AvgIpc) is 3.10. The summed E-state index contributed by atoms with van der Waals surface area (Å²) in [4.78, 5) is 30.6. The first-order valence-corrected chi connectivity index (χ1v) is 18.4. The zero-order chi connectivity index (χ0) is 34.1. The standard InChI is InChI=1S/C40H47N3O4S/c1-30(2)34-21-23-36(24-22-34)43(48(46,47)37-25-19-31(3)20-26-37)29-39(44)42(28-33-15-9-5-10-16-33)38(27-32-13-7-4-8-14-32)40(45)41-35-17-11-6-12-18-35/h4-5,7-10,13-16,19-26,30,35,38H,6,11-12,17-18,27-29H2,1-3H3,(H,41,45). The lowest BCUT2D eigenvalue weighted by Crippen LogP contribution is -2.55. The summed E-state index contributed by atoms with van der Waals surface area (Å²) in [7, 11) is -4.15. The van der Waals surface area contributed by atoms with Crippen LogP contribution in [-0.4, -0.2) is 43.8 Å². The van der Waals surface area contributed by atoms with Gasteiger partial charge in [-0.1, -0.05) is 124 Å². The Labute approximate surface area is 286 Å². The Kier molecular flexibility index (Phi) is 11.7. The van der Waals surface area contributed by atoms with Crippen molar-refractivity contribution in [3.63, 3.8) is 0 Å². The first-order chi connectivity index (χ1) is 23.1. The molecule has 252 valence electrons. The molecule has 1 unspecified atom stereocenters. The van der Waals surface area contributed by atoms with Crippen LogP contribution < -0.4 is 9.62 Å². The van der Waals surface area contributed by atoms with E-state index in [1.54, 1.807) is 41.3 Å². The lowest BCUT2D eigenvalue weighted by Gasteiger charge is -2.35. The first kappa shape index (κ1) is 34.9. The Morgan fingerprint density at radius 2 is 1.35 bits per heavy atom. The Morgan fingerprint density at radius 1 is 0.771 bits per heavy atom. The summed E-state index contributed by atoms with van der Waals surface area (Å²) < 4.78 is 29.8. The lowest BCUT2D eigenvalue weighted by atomic mass is 9.94. The summed E-state index contributed by atoms with van der Waals surface area (Å²) in [6, 6.07) is 32.4. The number of carbonyl (C=O) groups is 2. The highest BCUT2D eigenvalue weighted by Crippen LogP contribution is 2.27. The molecule has 8 heteroatoms. The third-order valence-electron chi connectivity index (χ3n) is 9.15. The number of sulfonamides is 1. The monoisotopic (exact) mass is 665 g/mol. The largest absolute Gasteiger partial charge is 0.352 e. The zero-order valence-electron chi connectivity index (χ0n) is 28.2. The molecule has 48 heavy (non-hydrogen) atoms. The van der Waals surface area contributed by atoms with Crippen molar-refractivity contribution in [1.29, 1.82) is 0 Å². The second kappa shape index (κ2) is 16.1. The van der Waals surface area contributed by atoms with E-state index >= 15 is 0 Å². The summed E-state index contributed by atoms with van der Waals surface area (Å²) in [5.41, 5.74) is 4.15. The second-order valence-electron chi connectivity index (χ2n) is 13.1. The number of carbonyl (C=O) groups excluding carboxylic acids is 2. The normalized spacial score (nSPS) is 14.3. The maximum atomic E-state index is 14.7. The van der Waals surface area contributed by atoms with Crippen molar-refractivity contribution in [3.8, 4) is 0 Å². The molecule has 1 saturated carbocycles. The van der Waals surface area contributed by atoms with Crippen molar-refractivity contribution in [3.05, 3.63) is 131 Å². The predicted molar refractivity (Wildman–Crippen MR) is 192 cm³/mol. The Bertz CT molecular complexity index is 1740. The molecule has 2 amide bonds. The second-order valence-corrected chi connectivity index (χ2v) is 15.0. The van der Waals surface area contributed by atoms with Crippen molar-refractivity contribution in [2.24, 2.45) is 0 Å². The van der Waals surface area contributed by atoms with Gasteiger partial charge in [0.1, 0.15) is 12.6 Å². The van der Waals surface area contributed by atoms with Gasteiger partial charge in [0.15, 0.2) is 0 Å². The van der Waals surface area contributed by atoms with E-state index in [9.17, 15) is 18.0 Å². The van der Waals surface area contributed by atoms with Gasteiger partial charge in [0.2, 0.25) is 11.8 Å². The van der Waals surface area contributed by atoms with Crippen LogP contribution in [0.1, 0.15) is 74.1 Å². The van der Waals surface area contributed by atoms with Gasteiger partial charge in [-0.3, -0.25) is 13.9 Å². The van der Waals surface area contributed by atoms with Gasteiger partial charge in [0, 0.05) is 19.0 Å². The van der Waals surface area contributed by atoms with Crippen molar-refractivity contribution < 1.29 is 18.0 Å². The molecule has 1 fully saturated rings. The van der Waals surface area contributed by atoms with Crippen LogP contribution in [0.2, 0.25) is 0 Å². The predicted octanol–water partition coefficient (Wildman–Crippen LogP) is 7.40. The highest BCUT2D eigenvalue weighted by atomic mass is 32.2. The van der Waals surface area contributed by atoms with Crippen molar-refractivity contribution in [1.82, 2.24) is 10.2 Å². The van der Waals surface area contributed by atoms with E-state index in [-0.39, 0.29) is 29.3 Å². The van der Waals surface area contributed by atoms with Gasteiger partial charge in [-0.15, -0.1) is 0 Å². The van der Waals surface area contributed by atoms with Gasteiger partial charge in [-0.05, 0) is 66.6 Å². The van der Waals surface area contributed by atoms with Crippen LogP contribution >= 0.6 is 0 Å². The molecule has 0 aliphatic heterocycles. The molecule has 0 heterocycles. The number of nitrogens with one attached hydrogen (secondary N) is 1. The maximum Gasteiger partial charge on any atom is 0.264 e. The molecule has 4 aromatic rings. The van der Waals surface area contributed by atoms with Gasteiger partial charge < -0.3 is 10.2 Å². The number of hydrogen-bond donors (Lipinski definition) is 1. The van der Waals surface area contributed by atoms with E-state index in [0.717, 1.165) is 54.4 Å². The minimum absolute atomic E-state index is 0.0519. The van der Waals surface area contributed by atoms with E-state index in [1.807, 2.05) is 79.7 Å². The fraction of sp³-hybridized carbons (Fsp3) is 0.350. The number of anilines is 1. The molecule has 0 radical (unpaired) electrons. The number of nitrogens with zero attached hydrogens (tertiary/aromatic N) is 2. The molecule has 0 saturated heterocycles. The summed E-state index contributed by atoms with van der Waals surface area (Å²) in [5.74, 6) is -0.419. The SMILES string of the molecule is Cc1ccc(S(=O)(=O)N(CC(=O)N(Cc2ccccc2)C(Cc2ccccc2)C(=O)NC2CCCCC2)c2ccc(C(C)C)cc2)cc1. The van der Waals surface area contributed by atoms with E-state index < -0.39 is 28.5 Å². The average molecular weight is 666 g/mol. The molecule has 1 atom stereocenters. The Morgan fingerprint density at radius 3 is 1.94 bits per heavy atom. The summed E-state index contributed by atoms with van der Waals surface area (Å²) in [6.45, 7) is 5.74. The maximum absolute atomic E-state index is 14.7. The van der Waals surface area contributed by atoms with E-state index in [1.165, 1.54) is 4.31 Å². The summed E-state index contributed by atoms with van der Waals surface area (Å²) in [5, 5.41) is 3.26. The topological polar surface area (TPSA) is 86.8 Å². The Hall–Kier alpha value is -4.43. The van der Waals surface area contributed by atoms with Gasteiger partial charge in [0.05, 0.1) is 10.6 Å². The number of benzene rings is 4. The van der Waals surface area contributed by atoms with Crippen LogP contribution in [0.5, 0.6) is 0 Å². The van der Waals surface area contributed by atoms with Crippen molar-refractivity contribution in [2.75, 3.05) is 10.8 Å². The molecular weight excluding hydrogens is 619 g/mol. The first-order valence-electron chi connectivity index (χ1n) is 17.0. The minimum atomic E-state index is -4.15. The van der Waals surface area contributed by atoms with Crippen LogP contribution in [0.4, 0.5) is 5.69 Å². The third-order valence-corrected chi connectivity index (χ3v) is 10.9. The quantitative estimate of drug-likeness (QED) is 0.161. The molecule has 0 aromatic heterocycles. The van der Waals surface area contributed by atoms with Crippen LogP contribution in [-0.2, 0) is 32.6 Å². The van der Waals surface area contributed by atoms with Crippen LogP contribution in [0.15, 0.2) is 114 Å². The molecular formula is C40H47N3O4S. The number of hydrogen-bond acceptors (Lipinski definition) is 4. The number of aryl methyl sites for hydroxylation is 1. The van der Waals surface area contributed by atoms with E-state index in [0.29, 0.717) is 12.1 Å². The van der Waals surface area contributed by atoms with Crippen LogP contribution in [0.3, 0.4) is 0 Å². The van der Waals surface area contributed by atoms with Gasteiger partial charge >= 0.3 is 0 Å². The molecule has 1 N–H and O–H groups in total. The highest BCUT2D eigenvalue weighted by Gasteiger charge is 2.35. The molecule has 7 nitrogen and oxygen atoms in total. The van der Waals surface area contributed by atoms with Gasteiger partial charge in [-0.25, -0.2) is 8.42 Å². The fourth-order valence-electron chi connectivity index (χ4n) is 6.27. The lowest BCUT2D eigenvalue weighted by molar-refractivity contribution is -0.140. The summed E-state index contributed by atoms with van der Waals surface area (Å²) >= 11 is 0. The molecule has 1 aliphatic rings. The van der Waals surface area contributed by atoms with Crippen LogP contribution in [0, 0.1) is 6.92 Å². The molecule has 1 aliphatic carbocycles. The molecule has 0 bridgehead atoms. The summed E-state index contributed by atoms with van der Waals surface area (Å²) in [6.07, 6.45) is 5.38. The van der Waals surface area contributed by atoms with Gasteiger partial charge in [0.25, 0.3) is 10.0 Å². The molecule has 4 aromatic carbocycles. The van der Waals surface area contributed by atoms with Gasteiger partial charge in [-0.2, -0.15) is 0 Å². The van der Waals surface area contributed by atoms with Crippen molar-refractivity contribution in [2.45, 2.75) is 88.7 Å². The van der Waals surface area contributed by atoms with Crippen molar-refractivity contribution >= 4 is 27.5 Å². The van der Waals surface area contributed by atoms with E-state index in [4.69, 9.17) is 0 Å². The van der Waals surface area contributed by atoms with E-state index in [2.05, 4.69) is 19.2 Å². The van der Waals surface area contributed by atoms with Crippen LogP contribution in [0.25, 0.3) is 0 Å². The smallest absolute Gasteiger partial charge is 0.264 e. The highest BCUT2D eigenvalue weighted by molar-refractivity contribution is 7.92. The number of amides is 2.